The van der Waals surface area contributed by atoms with Gasteiger partial charge in [-0.25, -0.2) is 0 Å². The van der Waals surface area contributed by atoms with Gasteiger partial charge >= 0.3 is 5.97 Å². The molecule has 1 atom stereocenters. The summed E-state index contributed by atoms with van der Waals surface area (Å²) >= 11 is 5.88. The Balaban J connectivity index is 1.90. The quantitative estimate of drug-likeness (QED) is 0.853. The summed E-state index contributed by atoms with van der Waals surface area (Å²) in [6.45, 7) is 2.83. The molecule has 110 valence electrons. The van der Waals surface area contributed by atoms with Crippen LogP contribution in [0.2, 0.25) is 5.02 Å². The number of hydrogen-bond donors (Lipinski definition) is 2. The minimum absolute atomic E-state index is 0.0644. The summed E-state index contributed by atoms with van der Waals surface area (Å²) < 4.78 is 0. The van der Waals surface area contributed by atoms with Crippen LogP contribution < -0.4 is 5.32 Å². The minimum atomic E-state index is -0.808. The number of carboxylic acid groups (broad SMARTS) is 1. The van der Waals surface area contributed by atoms with Crippen molar-refractivity contribution in [3.63, 3.8) is 0 Å². The lowest BCUT2D eigenvalue weighted by Crippen LogP contribution is -2.18. The number of rotatable bonds is 6. The van der Waals surface area contributed by atoms with Crippen molar-refractivity contribution in [1.82, 2.24) is 5.32 Å². The van der Waals surface area contributed by atoms with Crippen molar-refractivity contribution in [1.29, 1.82) is 0 Å². The van der Waals surface area contributed by atoms with Crippen LogP contribution in [0.15, 0.2) is 48.5 Å². The molecular formula is C17H18ClNO2. The van der Waals surface area contributed by atoms with Crippen LogP contribution in [0.3, 0.4) is 0 Å². The molecule has 2 aromatic rings. The number of nitrogens with one attached hydrogen (secondary N) is 1. The molecule has 2 aromatic carbocycles. The average Bonchev–Trinajstić information content (AvgIpc) is 2.46. The molecule has 0 fully saturated rings. The van der Waals surface area contributed by atoms with Crippen molar-refractivity contribution in [2.24, 2.45) is 0 Å². The molecule has 2 rings (SSSR count). The van der Waals surface area contributed by atoms with E-state index >= 15 is 0 Å². The highest BCUT2D eigenvalue weighted by Gasteiger charge is 2.05. The van der Waals surface area contributed by atoms with Gasteiger partial charge in [0.15, 0.2) is 0 Å². The van der Waals surface area contributed by atoms with Crippen LogP contribution in [0.1, 0.15) is 29.7 Å². The van der Waals surface area contributed by atoms with E-state index in [1.54, 1.807) is 0 Å². The summed E-state index contributed by atoms with van der Waals surface area (Å²) in [5, 5.41) is 12.9. The number of aliphatic carboxylic acids is 1. The van der Waals surface area contributed by atoms with Gasteiger partial charge in [0.05, 0.1) is 6.42 Å². The summed E-state index contributed by atoms with van der Waals surface area (Å²) in [4.78, 5) is 10.6. The molecular weight excluding hydrogens is 286 g/mol. The molecule has 0 aliphatic carbocycles. The van der Waals surface area contributed by atoms with Crippen LogP contribution in [-0.2, 0) is 17.8 Å². The maximum atomic E-state index is 10.6. The van der Waals surface area contributed by atoms with E-state index in [1.165, 1.54) is 5.56 Å². The third kappa shape index (κ3) is 4.88. The average molecular weight is 304 g/mol. The molecule has 0 aliphatic rings. The fourth-order valence-corrected chi connectivity index (χ4v) is 2.22. The van der Waals surface area contributed by atoms with Gasteiger partial charge in [-0.1, -0.05) is 48.0 Å². The summed E-state index contributed by atoms with van der Waals surface area (Å²) in [5.74, 6) is -0.808. The van der Waals surface area contributed by atoms with E-state index in [0.717, 1.165) is 22.7 Å². The first-order valence-electron chi connectivity index (χ1n) is 6.83. The van der Waals surface area contributed by atoms with Crippen LogP contribution in [0.4, 0.5) is 0 Å². The second kappa shape index (κ2) is 7.25. The summed E-state index contributed by atoms with van der Waals surface area (Å²) in [6.07, 6.45) is 0.0644. The number of carbonyl (C=O) groups is 1. The molecule has 2 N–H and O–H groups in total. The lowest BCUT2D eigenvalue weighted by Gasteiger charge is -2.14. The highest BCUT2D eigenvalue weighted by molar-refractivity contribution is 6.30. The van der Waals surface area contributed by atoms with Gasteiger partial charge in [0.1, 0.15) is 0 Å². The van der Waals surface area contributed by atoms with Crippen molar-refractivity contribution in [2.75, 3.05) is 0 Å². The van der Waals surface area contributed by atoms with Crippen molar-refractivity contribution < 1.29 is 9.90 Å². The second-order valence-corrected chi connectivity index (χ2v) is 5.48. The van der Waals surface area contributed by atoms with Gasteiger partial charge in [0.25, 0.3) is 0 Å². The summed E-state index contributed by atoms with van der Waals surface area (Å²) in [6, 6.07) is 15.6. The highest BCUT2D eigenvalue weighted by atomic mass is 35.5. The standard InChI is InChI=1S/C17H18ClNO2/c1-12(15-6-8-16(18)9-7-15)19-11-14-4-2-13(3-5-14)10-17(20)21/h2-9,12,19H,10-11H2,1H3,(H,20,21)/t12-/m1/s1. The predicted octanol–water partition coefficient (Wildman–Crippen LogP) is 3.82. The summed E-state index contributed by atoms with van der Waals surface area (Å²) in [7, 11) is 0. The Bertz CT molecular complexity index is 593. The van der Waals surface area contributed by atoms with Gasteiger partial charge in [-0.15, -0.1) is 0 Å². The summed E-state index contributed by atoms with van der Waals surface area (Å²) in [5.41, 5.74) is 3.13. The molecule has 4 heteroatoms. The largest absolute Gasteiger partial charge is 0.481 e. The van der Waals surface area contributed by atoms with Gasteiger partial charge in [-0.05, 0) is 35.7 Å². The van der Waals surface area contributed by atoms with Crippen molar-refractivity contribution in [3.8, 4) is 0 Å². The Hall–Kier alpha value is -1.84. The first kappa shape index (κ1) is 15.5. The minimum Gasteiger partial charge on any atom is -0.481 e. The lowest BCUT2D eigenvalue weighted by molar-refractivity contribution is -0.136. The third-order valence-corrected chi connectivity index (χ3v) is 3.61. The first-order valence-corrected chi connectivity index (χ1v) is 7.21. The fourth-order valence-electron chi connectivity index (χ4n) is 2.09. The molecule has 0 aromatic heterocycles. The molecule has 0 saturated carbocycles. The van der Waals surface area contributed by atoms with E-state index in [-0.39, 0.29) is 12.5 Å². The molecule has 0 bridgehead atoms. The first-order chi connectivity index (χ1) is 10.0. The van der Waals surface area contributed by atoms with Crippen molar-refractivity contribution in [2.45, 2.75) is 25.9 Å². The fraction of sp³-hybridized carbons (Fsp3) is 0.235. The topological polar surface area (TPSA) is 49.3 Å². The molecule has 0 spiro atoms. The normalized spacial score (nSPS) is 12.1. The lowest BCUT2D eigenvalue weighted by atomic mass is 10.1. The van der Waals surface area contributed by atoms with Crippen molar-refractivity contribution >= 4 is 17.6 Å². The second-order valence-electron chi connectivity index (χ2n) is 5.04. The van der Waals surface area contributed by atoms with Crippen LogP contribution in [0.5, 0.6) is 0 Å². The Labute approximate surface area is 129 Å². The predicted molar refractivity (Wildman–Crippen MR) is 84.5 cm³/mol. The Morgan fingerprint density at radius 3 is 2.24 bits per heavy atom. The van der Waals surface area contributed by atoms with E-state index in [0.29, 0.717) is 0 Å². The van der Waals surface area contributed by atoms with Gasteiger partial charge in [-0.3, -0.25) is 4.79 Å². The molecule has 0 radical (unpaired) electrons. The molecule has 0 heterocycles. The highest BCUT2D eigenvalue weighted by Crippen LogP contribution is 2.16. The van der Waals surface area contributed by atoms with Gasteiger partial charge < -0.3 is 10.4 Å². The van der Waals surface area contributed by atoms with Gasteiger partial charge in [0.2, 0.25) is 0 Å². The van der Waals surface area contributed by atoms with Gasteiger partial charge in [-0.2, -0.15) is 0 Å². The number of halogens is 1. The maximum absolute atomic E-state index is 10.6. The van der Waals surface area contributed by atoms with E-state index in [4.69, 9.17) is 16.7 Å². The van der Waals surface area contributed by atoms with Crippen LogP contribution >= 0.6 is 11.6 Å². The smallest absolute Gasteiger partial charge is 0.307 e. The van der Waals surface area contributed by atoms with Crippen LogP contribution in [0.25, 0.3) is 0 Å². The zero-order valence-electron chi connectivity index (χ0n) is 11.8. The van der Waals surface area contributed by atoms with Crippen LogP contribution in [0, 0.1) is 0 Å². The van der Waals surface area contributed by atoms with E-state index in [9.17, 15) is 4.79 Å². The number of benzene rings is 2. The third-order valence-electron chi connectivity index (χ3n) is 3.36. The zero-order chi connectivity index (χ0) is 15.2. The number of hydrogen-bond acceptors (Lipinski definition) is 2. The zero-order valence-corrected chi connectivity index (χ0v) is 12.6. The monoisotopic (exact) mass is 303 g/mol. The Kier molecular flexibility index (Phi) is 5.37. The molecule has 0 amide bonds. The molecule has 3 nitrogen and oxygen atoms in total. The molecule has 0 unspecified atom stereocenters. The van der Waals surface area contributed by atoms with E-state index in [2.05, 4.69) is 12.2 Å². The van der Waals surface area contributed by atoms with Gasteiger partial charge in [0, 0.05) is 17.6 Å². The van der Waals surface area contributed by atoms with Crippen molar-refractivity contribution in [3.05, 3.63) is 70.2 Å². The van der Waals surface area contributed by atoms with E-state index < -0.39 is 5.97 Å². The molecule has 0 aliphatic heterocycles. The molecule has 21 heavy (non-hydrogen) atoms. The maximum Gasteiger partial charge on any atom is 0.307 e. The Morgan fingerprint density at radius 2 is 1.67 bits per heavy atom. The van der Waals surface area contributed by atoms with E-state index in [1.807, 2.05) is 48.5 Å². The molecule has 0 saturated heterocycles. The van der Waals surface area contributed by atoms with Crippen LogP contribution in [-0.4, -0.2) is 11.1 Å². The Morgan fingerprint density at radius 1 is 1.10 bits per heavy atom. The number of carboxylic acids is 1. The SMILES string of the molecule is C[C@@H](NCc1ccc(CC(=O)O)cc1)c1ccc(Cl)cc1.